The van der Waals surface area contributed by atoms with Crippen molar-refractivity contribution in [2.24, 2.45) is 0 Å². The molecule has 0 saturated carbocycles. The van der Waals surface area contributed by atoms with E-state index in [2.05, 4.69) is 12.2 Å². The number of carbonyl (C=O) groups excluding carboxylic acids is 1. The van der Waals surface area contributed by atoms with E-state index < -0.39 is 17.8 Å². The van der Waals surface area contributed by atoms with Crippen molar-refractivity contribution in [2.75, 3.05) is 25.1 Å². The largest absolute Gasteiger partial charge is 0.507 e. The van der Waals surface area contributed by atoms with Gasteiger partial charge in [-0.05, 0) is 18.6 Å². The maximum absolute atomic E-state index is 11.6. The predicted octanol–water partition coefficient (Wildman–Crippen LogP) is 4.41. The van der Waals surface area contributed by atoms with Gasteiger partial charge in [0.25, 0.3) is 0 Å². The molecule has 0 aliphatic carbocycles. The summed E-state index contributed by atoms with van der Waals surface area (Å²) in [6.07, 6.45) is 7.27. The molecule has 0 fully saturated rings. The molecule has 1 aromatic rings. The number of unbranched alkanes of at least 4 members (excludes halogenated alkanes) is 5. The number of anilines is 1. The van der Waals surface area contributed by atoms with Crippen LogP contribution in [0.4, 0.5) is 10.5 Å². The van der Waals surface area contributed by atoms with E-state index in [4.69, 9.17) is 14.6 Å². The van der Waals surface area contributed by atoms with Crippen LogP contribution in [0, 0.1) is 0 Å². The molecule has 0 radical (unpaired) electrons. The number of aromatic carboxylic acids is 1. The summed E-state index contributed by atoms with van der Waals surface area (Å²) < 4.78 is 10.5. The Balaban J connectivity index is 2.07. The van der Waals surface area contributed by atoms with Crippen LogP contribution in [0.3, 0.4) is 0 Å². The summed E-state index contributed by atoms with van der Waals surface area (Å²) in [4.78, 5) is 22.4. The molecule has 1 aromatic carbocycles. The maximum atomic E-state index is 11.6. The molecule has 0 aliphatic heterocycles. The van der Waals surface area contributed by atoms with Crippen LogP contribution in [0.1, 0.15) is 62.2 Å². The lowest BCUT2D eigenvalue weighted by Crippen LogP contribution is -2.15. The summed E-state index contributed by atoms with van der Waals surface area (Å²) in [7, 11) is 0. The van der Waals surface area contributed by atoms with Crippen LogP contribution in [0.2, 0.25) is 0 Å². The molecule has 0 heterocycles. The van der Waals surface area contributed by atoms with Gasteiger partial charge in [-0.15, -0.1) is 0 Å². The molecule has 0 aliphatic rings. The van der Waals surface area contributed by atoms with Crippen LogP contribution in [0.5, 0.6) is 5.75 Å². The topological polar surface area (TPSA) is 105 Å². The molecule has 1 rings (SSSR count). The van der Waals surface area contributed by atoms with Gasteiger partial charge in [0.2, 0.25) is 0 Å². The number of ether oxygens (including phenoxy) is 2. The minimum atomic E-state index is -1.24. The van der Waals surface area contributed by atoms with Gasteiger partial charge in [0, 0.05) is 31.4 Å². The number of hydrogen-bond donors (Lipinski definition) is 3. The van der Waals surface area contributed by atoms with Crippen molar-refractivity contribution in [1.82, 2.24) is 0 Å². The Kier molecular flexibility index (Phi) is 10.9. The first-order valence-corrected chi connectivity index (χ1v) is 9.12. The fourth-order valence-electron chi connectivity index (χ4n) is 2.36. The lowest BCUT2D eigenvalue weighted by molar-refractivity contribution is 0.0693. The lowest BCUT2D eigenvalue weighted by atomic mass is 10.1. The molecule has 0 atom stereocenters. The number of hydrogen-bond acceptors (Lipinski definition) is 5. The monoisotopic (exact) mass is 367 g/mol. The van der Waals surface area contributed by atoms with Gasteiger partial charge < -0.3 is 19.7 Å². The zero-order chi connectivity index (χ0) is 19.2. The molecule has 0 unspecified atom stereocenters. The minimum Gasteiger partial charge on any atom is -0.507 e. The summed E-state index contributed by atoms with van der Waals surface area (Å²) in [5, 5.41) is 20.8. The first kappa shape index (κ1) is 21.8. The highest BCUT2D eigenvalue weighted by Gasteiger charge is 2.11. The normalized spacial score (nSPS) is 10.5. The molecule has 0 saturated heterocycles. The summed E-state index contributed by atoms with van der Waals surface area (Å²) in [6.45, 7) is 3.69. The van der Waals surface area contributed by atoms with Crippen molar-refractivity contribution in [3.8, 4) is 5.75 Å². The van der Waals surface area contributed by atoms with Gasteiger partial charge in [0.1, 0.15) is 11.3 Å². The molecule has 7 nitrogen and oxygen atoms in total. The van der Waals surface area contributed by atoms with E-state index in [-0.39, 0.29) is 17.9 Å². The van der Waals surface area contributed by atoms with Crippen LogP contribution in [0.15, 0.2) is 18.2 Å². The zero-order valence-electron chi connectivity index (χ0n) is 15.3. The number of amides is 1. The molecule has 3 N–H and O–H groups in total. The highest BCUT2D eigenvalue weighted by atomic mass is 16.5. The van der Waals surface area contributed by atoms with E-state index in [9.17, 15) is 14.7 Å². The predicted molar refractivity (Wildman–Crippen MR) is 98.8 cm³/mol. The molecule has 26 heavy (non-hydrogen) atoms. The van der Waals surface area contributed by atoms with Gasteiger partial charge in [0.05, 0.1) is 6.61 Å². The van der Waals surface area contributed by atoms with Gasteiger partial charge in [-0.2, -0.15) is 0 Å². The summed E-state index contributed by atoms with van der Waals surface area (Å²) >= 11 is 0. The SMILES string of the molecule is CCCCCCCCOCCCOC(=O)Nc1ccc(C(=O)O)c(O)c1. The van der Waals surface area contributed by atoms with Crippen LogP contribution in [-0.2, 0) is 9.47 Å². The van der Waals surface area contributed by atoms with Crippen LogP contribution >= 0.6 is 0 Å². The standard InChI is InChI=1S/C19H29NO6/c1-2-3-4-5-6-7-11-25-12-8-13-26-19(24)20-15-9-10-16(18(22)23)17(21)14-15/h9-10,14,21H,2-8,11-13H2,1H3,(H,20,24)(H,22,23). The van der Waals surface area contributed by atoms with Crippen molar-refractivity contribution in [2.45, 2.75) is 51.9 Å². The van der Waals surface area contributed by atoms with Crippen molar-refractivity contribution in [3.63, 3.8) is 0 Å². The molecular formula is C19H29NO6. The average Bonchev–Trinajstić information content (AvgIpc) is 2.59. The van der Waals surface area contributed by atoms with Crippen LogP contribution in [-0.4, -0.2) is 42.1 Å². The van der Waals surface area contributed by atoms with Gasteiger partial charge >= 0.3 is 12.1 Å². The van der Waals surface area contributed by atoms with Gasteiger partial charge in [0.15, 0.2) is 0 Å². The molecular weight excluding hydrogens is 338 g/mol. The fraction of sp³-hybridized carbons (Fsp3) is 0.579. The van der Waals surface area contributed by atoms with E-state index >= 15 is 0 Å². The minimum absolute atomic E-state index is 0.224. The Morgan fingerprint density at radius 3 is 2.38 bits per heavy atom. The van der Waals surface area contributed by atoms with E-state index in [1.807, 2.05) is 0 Å². The number of carboxylic acids is 1. The number of carboxylic acid groups (broad SMARTS) is 1. The first-order chi connectivity index (χ1) is 12.5. The van der Waals surface area contributed by atoms with Crippen molar-refractivity contribution in [3.05, 3.63) is 23.8 Å². The van der Waals surface area contributed by atoms with Crippen LogP contribution in [0.25, 0.3) is 0 Å². The van der Waals surface area contributed by atoms with Gasteiger partial charge in [-0.25, -0.2) is 9.59 Å². The van der Waals surface area contributed by atoms with Gasteiger partial charge in [-0.1, -0.05) is 39.0 Å². The molecule has 0 spiro atoms. The summed E-state index contributed by atoms with van der Waals surface area (Å²) in [6, 6.07) is 3.76. The average molecular weight is 367 g/mol. The molecule has 0 aromatic heterocycles. The van der Waals surface area contributed by atoms with Crippen molar-refractivity contribution in [1.29, 1.82) is 0 Å². The van der Waals surface area contributed by atoms with E-state index in [0.29, 0.717) is 13.0 Å². The molecule has 0 bridgehead atoms. The lowest BCUT2D eigenvalue weighted by Gasteiger charge is -2.08. The van der Waals surface area contributed by atoms with Gasteiger partial charge in [-0.3, -0.25) is 5.32 Å². The first-order valence-electron chi connectivity index (χ1n) is 9.12. The second kappa shape index (κ2) is 13.0. The number of rotatable bonds is 13. The Labute approximate surface area is 154 Å². The molecule has 1 amide bonds. The third-order valence-electron chi connectivity index (χ3n) is 3.78. The highest BCUT2D eigenvalue weighted by Crippen LogP contribution is 2.22. The van der Waals surface area contributed by atoms with E-state index in [1.165, 1.54) is 44.2 Å². The number of nitrogens with one attached hydrogen (secondary N) is 1. The Hall–Kier alpha value is -2.28. The van der Waals surface area contributed by atoms with Crippen molar-refractivity contribution >= 4 is 17.7 Å². The third-order valence-corrected chi connectivity index (χ3v) is 3.78. The Morgan fingerprint density at radius 1 is 1.00 bits per heavy atom. The fourth-order valence-corrected chi connectivity index (χ4v) is 2.36. The number of benzene rings is 1. The number of aromatic hydroxyl groups is 1. The number of phenols is 1. The quantitative estimate of drug-likeness (QED) is 0.446. The number of carbonyl (C=O) groups is 2. The van der Waals surface area contributed by atoms with E-state index in [1.54, 1.807) is 0 Å². The highest BCUT2D eigenvalue weighted by molar-refractivity contribution is 5.92. The molecule has 146 valence electrons. The zero-order valence-corrected chi connectivity index (χ0v) is 15.3. The Morgan fingerprint density at radius 2 is 1.69 bits per heavy atom. The smallest absolute Gasteiger partial charge is 0.411 e. The van der Waals surface area contributed by atoms with Crippen LogP contribution < -0.4 is 5.32 Å². The Bertz CT molecular complexity index is 561. The second-order valence-electron chi connectivity index (χ2n) is 6.03. The van der Waals surface area contributed by atoms with E-state index in [0.717, 1.165) is 19.1 Å². The maximum Gasteiger partial charge on any atom is 0.411 e. The second-order valence-corrected chi connectivity index (χ2v) is 6.03. The summed E-state index contributed by atoms with van der Waals surface area (Å²) in [5.41, 5.74) is 0.0308. The summed E-state index contributed by atoms with van der Waals surface area (Å²) in [5.74, 6) is -1.66. The van der Waals surface area contributed by atoms with Crippen molar-refractivity contribution < 1.29 is 29.3 Å². The molecule has 7 heteroatoms. The third kappa shape index (κ3) is 9.27.